The van der Waals surface area contributed by atoms with Crippen LogP contribution in [0, 0.1) is 5.41 Å². The zero-order valence-corrected chi connectivity index (χ0v) is 14.4. The minimum absolute atomic E-state index is 0.124. The normalized spacial score (nSPS) is 21.1. The average molecular weight is 327 g/mol. The summed E-state index contributed by atoms with van der Waals surface area (Å²) in [5.74, 6) is 1.12. The predicted octanol–water partition coefficient (Wildman–Crippen LogP) is 2.05. The molecule has 24 heavy (non-hydrogen) atoms. The second-order valence-corrected chi connectivity index (χ2v) is 7.51. The molecule has 6 heteroatoms. The van der Waals surface area contributed by atoms with Gasteiger partial charge in [-0.25, -0.2) is 4.98 Å². The number of carbonyl (C=O) groups excluding carboxylic acids is 1. The third-order valence-corrected chi connectivity index (χ3v) is 5.31. The number of anilines is 1. The lowest BCUT2D eigenvalue weighted by Gasteiger charge is -2.31. The number of hydrogen-bond donors (Lipinski definition) is 2. The predicted molar refractivity (Wildman–Crippen MR) is 94.8 cm³/mol. The monoisotopic (exact) mass is 327 g/mol. The summed E-state index contributed by atoms with van der Waals surface area (Å²) < 4.78 is 0. The Balaban J connectivity index is 1.46. The first-order chi connectivity index (χ1) is 11.5. The number of H-pyrrole nitrogens is 1. The Kier molecular flexibility index (Phi) is 3.81. The molecule has 128 valence electrons. The number of aromatic nitrogens is 2. The van der Waals surface area contributed by atoms with Crippen molar-refractivity contribution in [3.63, 3.8) is 0 Å². The summed E-state index contributed by atoms with van der Waals surface area (Å²) in [4.78, 5) is 25.0. The maximum atomic E-state index is 12.2. The summed E-state index contributed by atoms with van der Waals surface area (Å²) >= 11 is 0. The van der Waals surface area contributed by atoms with Gasteiger partial charge < -0.3 is 15.2 Å². The largest absolute Gasteiger partial charge is 0.341 e. The van der Waals surface area contributed by atoms with Gasteiger partial charge in [-0.2, -0.15) is 0 Å². The van der Waals surface area contributed by atoms with E-state index in [1.165, 1.54) is 0 Å². The number of likely N-dealkylation sites (N-methyl/N-ethyl adjacent to an activating group) is 1. The van der Waals surface area contributed by atoms with E-state index in [9.17, 15) is 4.79 Å². The minimum Gasteiger partial charge on any atom is -0.341 e. The lowest BCUT2D eigenvalue weighted by atomic mass is 10.1. The molecule has 2 aliphatic rings. The van der Waals surface area contributed by atoms with E-state index >= 15 is 0 Å². The highest BCUT2D eigenvalue weighted by molar-refractivity contribution is 5.98. The number of rotatable bonds is 4. The van der Waals surface area contributed by atoms with Crippen LogP contribution in [-0.2, 0) is 11.3 Å². The van der Waals surface area contributed by atoms with Crippen LogP contribution in [0.2, 0.25) is 0 Å². The second-order valence-electron chi connectivity index (χ2n) is 7.51. The van der Waals surface area contributed by atoms with E-state index in [1.807, 2.05) is 25.1 Å². The van der Waals surface area contributed by atoms with Crippen molar-refractivity contribution in [3.05, 3.63) is 24.0 Å². The molecule has 2 heterocycles. The summed E-state index contributed by atoms with van der Waals surface area (Å²) in [6, 6.07) is 5.90. The zero-order chi connectivity index (χ0) is 16.7. The van der Waals surface area contributed by atoms with E-state index in [0.717, 1.165) is 68.1 Å². The van der Waals surface area contributed by atoms with Gasteiger partial charge in [-0.1, -0.05) is 6.92 Å². The molecule has 2 N–H and O–H groups in total. The summed E-state index contributed by atoms with van der Waals surface area (Å²) in [6.45, 7) is 7.23. The van der Waals surface area contributed by atoms with Crippen LogP contribution in [0.15, 0.2) is 18.2 Å². The van der Waals surface area contributed by atoms with E-state index in [4.69, 9.17) is 0 Å². The van der Waals surface area contributed by atoms with Gasteiger partial charge in [0.1, 0.15) is 5.82 Å². The molecule has 0 atom stereocenters. The lowest BCUT2D eigenvalue weighted by Crippen LogP contribution is -2.44. The molecule has 0 spiro atoms. The second kappa shape index (κ2) is 5.86. The lowest BCUT2D eigenvalue weighted by molar-refractivity contribution is -0.120. The van der Waals surface area contributed by atoms with E-state index in [0.29, 0.717) is 0 Å². The van der Waals surface area contributed by atoms with Crippen molar-refractivity contribution in [2.75, 3.05) is 38.5 Å². The van der Waals surface area contributed by atoms with Gasteiger partial charge in [0.2, 0.25) is 5.91 Å². The molecule has 1 saturated heterocycles. The van der Waals surface area contributed by atoms with Gasteiger partial charge in [0.25, 0.3) is 0 Å². The molecule has 2 aromatic rings. The number of imidazole rings is 1. The van der Waals surface area contributed by atoms with Crippen LogP contribution in [0.25, 0.3) is 11.0 Å². The first kappa shape index (κ1) is 15.6. The van der Waals surface area contributed by atoms with Crippen molar-refractivity contribution >= 4 is 22.6 Å². The Morgan fingerprint density at radius 2 is 2.04 bits per heavy atom. The maximum absolute atomic E-state index is 12.2. The molecule has 1 aromatic heterocycles. The fourth-order valence-electron chi connectivity index (χ4n) is 3.13. The molecular formula is C18H25N5O. The standard InChI is InChI=1S/C18H25N5O/c1-18(5-6-18)17(24)19-13-3-4-14-15(11-13)21-16(20-14)12-23-9-7-22(2)8-10-23/h3-4,11H,5-10,12H2,1-2H3,(H,19,24)(H,20,21). The maximum Gasteiger partial charge on any atom is 0.230 e. The molecular weight excluding hydrogens is 302 g/mol. The Hall–Kier alpha value is -1.92. The molecule has 4 rings (SSSR count). The van der Waals surface area contributed by atoms with Crippen LogP contribution >= 0.6 is 0 Å². The summed E-state index contributed by atoms with van der Waals surface area (Å²) in [6.07, 6.45) is 1.97. The van der Waals surface area contributed by atoms with Crippen LogP contribution in [0.1, 0.15) is 25.6 Å². The number of nitrogens with zero attached hydrogens (tertiary/aromatic N) is 3. The average Bonchev–Trinajstić information content (AvgIpc) is 3.19. The van der Waals surface area contributed by atoms with E-state index < -0.39 is 0 Å². The van der Waals surface area contributed by atoms with Crippen molar-refractivity contribution in [3.8, 4) is 0 Å². The van der Waals surface area contributed by atoms with Crippen LogP contribution in [-0.4, -0.2) is 58.9 Å². The first-order valence-electron chi connectivity index (χ1n) is 8.73. The van der Waals surface area contributed by atoms with Crippen molar-refractivity contribution in [1.82, 2.24) is 19.8 Å². The third kappa shape index (κ3) is 3.16. The van der Waals surface area contributed by atoms with Crippen LogP contribution in [0.3, 0.4) is 0 Å². The minimum atomic E-state index is -0.157. The molecule has 0 radical (unpaired) electrons. The van der Waals surface area contributed by atoms with Gasteiger partial charge in [0.15, 0.2) is 0 Å². The van der Waals surface area contributed by atoms with E-state index in [1.54, 1.807) is 0 Å². The number of piperazine rings is 1. The van der Waals surface area contributed by atoms with Crippen molar-refractivity contribution in [2.45, 2.75) is 26.3 Å². The van der Waals surface area contributed by atoms with Crippen LogP contribution < -0.4 is 5.32 Å². The van der Waals surface area contributed by atoms with Gasteiger partial charge in [-0.15, -0.1) is 0 Å². The number of carbonyl (C=O) groups is 1. The SMILES string of the molecule is CN1CCN(Cc2nc3ccc(NC(=O)C4(C)CC4)cc3[nH]2)CC1. The van der Waals surface area contributed by atoms with Gasteiger partial charge >= 0.3 is 0 Å². The van der Waals surface area contributed by atoms with Crippen molar-refractivity contribution in [1.29, 1.82) is 0 Å². The number of fused-ring (bicyclic) bond motifs is 1. The highest BCUT2D eigenvalue weighted by Gasteiger charge is 2.44. The van der Waals surface area contributed by atoms with Crippen molar-refractivity contribution in [2.24, 2.45) is 5.41 Å². The Labute approximate surface area is 142 Å². The Bertz CT molecular complexity index is 756. The molecule has 1 aromatic carbocycles. The third-order valence-electron chi connectivity index (χ3n) is 5.31. The van der Waals surface area contributed by atoms with Gasteiger partial charge in [0.05, 0.1) is 17.6 Å². The van der Waals surface area contributed by atoms with E-state index in [-0.39, 0.29) is 11.3 Å². The van der Waals surface area contributed by atoms with Crippen LogP contribution in [0.5, 0.6) is 0 Å². The molecule has 0 bridgehead atoms. The summed E-state index contributed by atoms with van der Waals surface area (Å²) in [5, 5.41) is 3.03. The van der Waals surface area contributed by atoms with Gasteiger partial charge in [-0.05, 0) is 38.1 Å². The molecule has 1 aliphatic carbocycles. The number of nitrogens with one attached hydrogen (secondary N) is 2. The van der Waals surface area contributed by atoms with E-state index in [2.05, 4.69) is 32.1 Å². The number of aromatic amines is 1. The highest BCUT2D eigenvalue weighted by atomic mass is 16.2. The zero-order valence-electron chi connectivity index (χ0n) is 14.4. The molecule has 2 fully saturated rings. The van der Waals surface area contributed by atoms with Crippen LogP contribution in [0.4, 0.5) is 5.69 Å². The number of hydrogen-bond acceptors (Lipinski definition) is 4. The van der Waals surface area contributed by atoms with Gasteiger partial charge in [0, 0.05) is 37.3 Å². The topological polar surface area (TPSA) is 64.3 Å². The molecule has 0 unspecified atom stereocenters. The summed E-state index contributed by atoms with van der Waals surface area (Å²) in [7, 11) is 2.16. The number of amides is 1. The number of benzene rings is 1. The Morgan fingerprint density at radius 1 is 1.29 bits per heavy atom. The highest BCUT2D eigenvalue weighted by Crippen LogP contribution is 2.45. The molecule has 1 saturated carbocycles. The fraction of sp³-hybridized carbons (Fsp3) is 0.556. The molecule has 1 amide bonds. The van der Waals surface area contributed by atoms with Crippen molar-refractivity contribution < 1.29 is 4.79 Å². The Morgan fingerprint density at radius 3 is 2.75 bits per heavy atom. The smallest absolute Gasteiger partial charge is 0.230 e. The summed E-state index contributed by atoms with van der Waals surface area (Å²) in [5.41, 5.74) is 2.62. The molecule has 6 nitrogen and oxygen atoms in total. The fourth-order valence-corrected chi connectivity index (χ4v) is 3.13. The first-order valence-corrected chi connectivity index (χ1v) is 8.73. The quantitative estimate of drug-likeness (QED) is 0.902. The van der Waals surface area contributed by atoms with Gasteiger partial charge in [-0.3, -0.25) is 9.69 Å². The molecule has 1 aliphatic heterocycles.